The fourth-order valence-corrected chi connectivity index (χ4v) is 2.58. The predicted octanol–water partition coefficient (Wildman–Crippen LogP) is 2.27. The molecule has 1 atom stereocenters. The Kier molecular flexibility index (Phi) is 5.08. The fraction of sp³-hybridized carbons (Fsp3) is 0.562. The lowest BCUT2D eigenvalue weighted by atomic mass is 10.1. The summed E-state index contributed by atoms with van der Waals surface area (Å²) in [6.45, 7) is 6.66. The van der Waals surface area contributed by atoms with E-state index in [0.717, 1.165) is 12.8 Å². The summed E-state index contributed by atoms with van der Waals surface area (Å²) in [4.78, 5) is 29.3. The van der Waals surface area contributed by atoms with Crippen LogP contribution in [-0.2, 0) is 4.74 Å². The van der Waals surface area contributed by atoms with Gasteiger partial charge in [0.1, 0.15) is 17.0 Å². The van der Waals surface area contributed by atoms with Crippen molar-refractivity contribution >= 4 is 17.9 Å². The number of carboxylic acid groups (broad SMARTS) is 1. The standard InChI is InChI=1S/C16H23N3O4/c1-16(2,3)23-15(22)18-11-6-5-9-19(10-11)13-12(14(20)21)7-4-8-17-13/h4,7-8,11H,5-6,9-10H2,1-3H3,(H,18,22)(H,20,21). The summed E-state index contributed by atoms with van der Waals surface area (Å²) >= 11 is 0. The summed E-state index contributed by atoms with van der Waals surface area (Å²) in [7, 11) is 0. The molecule has 1 aliphatic heterocycles. The van der Waals surface area contributed by atoms with Gasteiger partial charge in [-0.25, -0.2) is 14.6 Å². The lowest BCUT2D eigenvalue weighted by Gasteiger charge is -2.34. The van der Waals surface area contributed by atoms with E-state index in [2.05, 4.69) is 10.3 Å². The summed E-state index contributed by atoms with van der Waals surface area (Å²) < 4.78 is 5.27. The molecule has 7 heteroatoms. The molecule has 7 nitrogen and oxygen atoms in total. The Balaban J connectivity index is 2.04. The van der Waals surface area contributed by atoms with Crippen LogP contribution in [0.1, 0.15) is 44.0 Å². The van der Waals surface area contributed by atoms with Crippen LogP contribution < -0.4 is 10.2 Å². The molecule has 1 aliphatic rings. The highest BCUT2D eigenvalue weighted by molar-refractivity contribution is 5.93. The van der Waals surface area contributed by atoms with E-state index in [0.29, 0.717) is 18.9 Å². The van der Waals surface area contributed by atoms with E-state index in [1.54, 1.807) is 12.3 Å². The maximum absolute atomic E-state index is 11.9. The zero-order chi connectivity index (χ0) is 17.0. The second-order valence-corrected chi connectivity index (χ2v) is 6.61. The third-order valence-electron chi connectivity index (χ3n) is 3.46. The first-order valence-corrected chi connectivity index (χ1v) is 7.69. The van der Waals surface area contributed by atoms with Crippen LogP contribution in [0.3, 0.4) is 0 Å². The number of hydrogen-bond acceptors (Lipinski definition) is 5. The zero-order valence-corrected chi connectivity index (χ0v) is 13.7. The molecule has 1 unspecified atom stereocenters. The molecule has 1 aromatic rings. The van der Waals surface area contributed by atoms with Crippen LogP contribution in [0.5, 0.6) is 0 Å². The number of rotatable bonds is 3. The largest absolute Gasteiger partial charge is 0.478 e. The van der Waals surface area contributed by atoms with E-state index < -0.39 is 17.7 Å². The normalized spacial score (nSPS) is 18.4. The highest BCUT2D eigenvalue weighted by atomic mass is 16.6. The number of hydrogen-bond donors (Lipinski definition) is 2. The number of piperidine rings is 1. The molecule has 126 valence electrons. The Morgan fingerprint density at radius 3 is 2.83 bits per heavy atom. The van der Waals surface area contributed by atoms with Crippen molar-refractivity contribution in [2.24, 2.45) is 0 Å². The summed E-state index contributed by atoms with van der Waals surface area (Å²) in [6, 6.07) is 3.05. The SMILES string of the molecule is CC(C)(C)OC(=O)NC1CCCN(c2ncccc2C(=O)O)C1. The summed E-state index contributed by atoms with van der Waals surface area (Å²) in [5.74, 6) is -0.564. The lowest BCUT2D eigenvalue weighted by Crippen LogP contribution is -2.49. The molecule has 0 bridgehead atoms. The van der Waals surface area contributed by atoms with Crippen molar-refractivity contribution in [3.63, 3.8) is 0 Å². The van der Waals surface area contributed by atoms with Crippen LogP contribution >= 0.6 is 0 Å². The van der Waals surface area contributed by atoms with Gasteiger partial charge in [-0.15, -0.1) is 0 Å². The first-order valence-electron chi connectivity index (χ1n) is 7.69. The lowest BCUT2D eigenvalue weighted by molar-refractivity contribution is 0.0499. The highest BCUT2D eigenvalue weighted by Gasteiger charge is 2.26. The maximum Gasteiger partial charge on any atom is 0.407 e. The van der Waals surface area contributed by atoms with Crippen LogP contribution in [0, 0.1) is 0 Å². The third kappa shape index (κ3) is 4.84. The van der Waals surface area contributed by atoms with Gasteiger partial charge in [-0.1, -0.05) is 0 Å². The molecule has 1 amide bonds. The van der Waals surface area contributed by atoms with E-state index >= 15 is 0 Å². The topological polar surface area (TPSA) is 91.8 Å². The molecule has 2 rings (SSSR count). The first kappa shape index (κ1) is 17.1. The second-order valence-electron chi connectivity index (χ2n) is 6.61. The molecule has 23 heavy (non-hydrogen) atoms. The maximum atomic E-state index is 11.9. The van der Waals surface area contributed by atoms with Crippen molar-refractivity contribution in [3.8, 4) is 0 Å². The van der Waals surface area contributed by atoms with Crippen molar-refractivity contribution < 1.29 is 19.4 Å². The van der Waals surface area contributed by atoms with Gasteiger partial charge in [-0.2, -0.15) is 0 Å². The Hall–Kier alpha value is -2.31. The van der Waals surface area contributed by atoms with E-state index in [-0.39, 0.29) is 11.6 Å². The number of alkyl carbamates (subject to hydrolysis) is 1. The van der Waals surface area contributed by atoms with Gasteiger partial charge in [0.2, 0.25) is 0 Å². The summed E-state index contributed by atoms with van der Waals surface area (Å²) in [6.07, 6.45) is 2.79. The monoisotopic (exact) mass is 321 g/mol. The first-order chi connectivity index (χ1) is 10.8. The second kappa shape index (κ2) is 6.85. The molecule has 2 N–H and O–H groups in total. The number of carbonyl (C=O) groups excluding carboxylic acids is 1. The fourth-order valence-electron chi connectivity index (χ4n) is 2.58. The van der Waals surface area contributed by atoms with Gasteiger partial charge in [0.15, 0.2) is 0 Å². The summed E-state index contributed by atoms with van der Waals surface area (Å²) in [5.41, 5.74) is -0.374. The molecule has 1 fully saturated rings. The van der Waals surface area contributed by atoms with E-state index in [1.165, 1.54) is 6.07 Å². The van der Waals surface area contributed by atoms with E-state index in [1.807, 2.05) is 25.7 Å². The molecule has 1 saturated heterocycles. The van der Waals surface area contributed by atoms with Gasteiger partial charge in [0.25, 0.3) is 0 Å². The average Bonchev–Trinajstić information content (AvgIpc) is 2.45. The van der Waals surface area contributed by atoms with Crippen LogP contribution in [0.2, 0.25) is 0 Å². The number of aromatic nitrogens is 1. The van der Waals surface area contributed by atoms with Crippen LogP contribution in [-0.4, -0.2) is 46.9 Å². The summed E-state index contributed by atoms with van der Waals surface area (Å²) in [5, 5.41) is 12.1. The van der Waals surface area contributed by atoms with Crippen molar-refractivity contribution in [1.29, 1.82) is 0 Å². The molecular weight excluding hydrogens is 298 g/mol. The number of nitrogens with one attached hydrogen (secondary N) is 1. The van der Waals surface area contributed by atoms with Crippen molar-refractivity contribution in [2.75, 3.05) is 18.0 Å². The van der Waals surface area contributed by atoms with Gasteiger partial charge in [0.05, 0.1) is 0 Å². The minimum atomic E-state index is -1.00. The van der Waals surface area contributed by atoms with Crippen LogP contribution in [0.25, 0.3) is 0 Å². The number of nitrogens with zero attached hydrogens (tertiary/aromatic N) is 2. The Bertz CT molecular complexity index is 583. The van der Waals surface area contributed by atoms with Crippen LogP contribution in [0.4, 0.5) is 10.6 Å². The molecule has 0 aliphatic carbocycles. The van der Waals surface area contributed by atoms with Gasteiger partial charge in [-0.3, -0.25) is 0 Å². The Labute approximate surface area is 135 Å². The smallest absolute Gasteiger partial charge is 0.407 e. The molecular formula is C16H23N3O4. The molecule has 0 saturated carbocycles. The van der Waals surface area contributed by atoms with Gasteiger partial charge >= 0.3 is 12.1 Å². The molecule has 0 aromatic carbocycles. The number of pyridine rings is 1. The van der Waals surface area contributed by atoms with Gasteiger partial charge in [0, 0.05) is 25.3 Å². The van der Waals surface area contributed by atoms with E-state index in [9.17, 15) is 14.7 Å². The number of carbonyl (C=O) groups is 2. The number of aromatic carboxylic acids is 1. The van der Waals surface area contributed by atoms with Gasteiger partial charge < -0.3 is 20.1 Å². The molecule has 0 radical (unpaired) electrons. The van der Waals surface area contributed by atoms with Crippen molar-refractivity contribution in [2.45, 2.75) is 45.3 Å². The molecule has 2 heterocycles. The number of anilines is 1. The van der Waals surface area contributed by atoms with Crippen molar-refractivity contribution in [1.82, 2.24) is 10.3 Å². The minimum Gasteiger partial charge on any atom is -0.478 e. The minimum absolute atomic E-state index is 0.0951. The number of amides is 1. The Morgan fingerprint density at radius 2 is 2.17 bits per heavy atom. The van der Waals surface area contributed by atoms with Crippen LogP contribution in [0.15, 0.2) is 18.3 Å². The predicted molar refractivity (Wildman–Crippen MR) is 85.8 cm³/mol. The highest BCUT2D eigenvalue weighted by Crippen LogP contribution is 2.22. The van der Waals surface area contributed by atoms with E-state index in [4.69, 9.17) is 4.74 Å². The Morgan fingerprint density at radius 1 is 1.43 bits per heavy atom. The van der Waals surface area contributed by atoms with Crippen molar-refractivity contribution in [3.05, 3.63) is 23.9 Å². The molecule has 0 spiro atoms. The number of carboxylic acids is 1. The third-order valence-corrected chi connectivity index (χ3v) is 3.46. The average molecular weight is 321 g/mol. The number of ether oxygens (including phenoxy) is 1. The quantitative estimate of drug-likeness (QED) is 0.887. The zero-order valence-electron chi connectivity index (χ0n) is 13.7. The molecule has 1 aromatic heterocycles. The van der Waals surface area contributed by atoms with Gasteiger partial charge in [-0.05, 0) is 45.7 Å².